The first kappa shape index (κ1) is 26.2. The minimum atomic E-state index is -2.62. The minimum absolute atomic E-state index is 0.0164. The van der Waals surface area contributed by atoms with Gasteiger partial charge in [0.1, 0.15) is 11.5 Å². The molecule has 0 aliphatic rings. The SMILES string of the molecule is CCCCCCOc1ccccc1C(O)(O)N(Cc1ccccc1)C(=O)c1ccc(-c2ccco2)cc1. The number of benzene rings is 3. The quantitative estimate of drug-likeness (QED) is 0.175. The van der Waals surface area contributed by atoms with Crippen molar-refractivity contribution in [1.82, 2.24) is 4.90 Å². The summed E-state index contributed by atoms with van der Waals surface area (Å²) in [6, 6.07) is 26.5. The lowest BCUT2D eigenvalue weighted by atomic mass is 10.0. The smallest absolute Gasteiger partial charge is 0.281 e. The van der Waals surface area contributed by atoms with Gasteiger partial charge in [-0.1, -0.05) is 80.8 Å². The van der Waals surface area contributed by atoms with Crippen LogP contribution in [0.5, 0.6) is 5.75 Å². The van der Waals surface area contributed by atoms with Crippen molar-refractivity contribution < 1.29 is 24.2 Å². The number of furan rings is 1. The monoisotopic (exact) mass is 499 g/mol. The van der Waals surface area contributed by atoms with E-state index in [9.17, 15) is 15.0 Å². The lowest BCUT2D eigenvalue weighted by Crippen LogP contribution is -2.49. The zero-order valence-electron chi connectivity index (χ0n) is 21.0. The fourth-order valence-corrected chi connectivity index (χ4v) is 4.19. The van der Waals surface area contributed by atoms with Crippen LogP contribution in [0.4, 0.5) is 0 Å². The van der Waals surface area contributed by atoms with Crippen molar-refractivity contribution in [1.29, 1.82) is 0 Å². The van der Waals surface area contributed by atoms with Crippen LogP contribution >= 0.6 is 0 Å². The molecule has 1 heterocycles. The Balaban J connectivity index is 1.64. The molecular weight excluding hydrogens is 466 g/mol. The van der Waals surface area contributed by atoms with Gasteiger partial charge in [-0.2, -0.15) is 0 Å². The molecule has 0 aliphatic carbocycles. The van der Waals surface area contributed by atoms with Crippen LogP contribution < -0.4 is 4.74 Å². The molecule has 6 heteroatoms. The van der Waals surface area contributed by atoms with Crippen molar-refractivity contribution in [2.45, 2.75) is 45.1 Å². The topological polar surface area (TPSA) is 83.1 Å². The molecule has 1 aromatic heterocycles. The summed E-state index contributed by atoms with van der Waals surface area (Å²) in [5.41, 5.74) is 2.00. The summed E-state index contributed by atoms with van der Waals surface area (Å²) in [5.74, 6) is -2.13. The van der Waals surface area contributed by atoms with E-state index in [0.29, 0.717) is 23.7 Å². The van der Waals surface area contributed by atoms with Crippen molar-refractivity contribution in [3.63, 3.8) is 0 Å². The molecule has 0 saturated heterocycles. The molecule has 0 aliphatic heterocycles. The average Bonchev–Trinajstić information content (AvgIpc) is 3.47. The minimum Gasteiger partial charge on any atom is -0.493 e. The molecule has 0 saturated carbocycles. The van der Waals surface area contributed by atoms with Gasteiger partial charge >= 0.3 is 0 Å². The van der Waals surface area contributed by atoms with E-state index in [1.165, 1.54) is 0 Å². The third-order valence-corrected chi connectivity index (χ3v) is 6.25. The molecule has 37 heavy (non-hydrogen) atoms. The van der Waals surface area contributed by atoms with E-state index < -0.39 is 11.8 Å². The summed E-state index contributed by atoms with van der Waals surface area (Å²) >= 11 is 0. The van der Waals surface area contributed by atoms with E-state index in [4.69, 9.17) is 9.15 Å². The largest absolute Gasteiger partial charge is 0.493 e. The van der Waals surface area contributed by atoms with E-state index >= 15 is 0 Å². The summed E-state index contributed by atoms with van der Waals surface area (Å²) < 4.78 is 11.4. The van der Waals surface area contributed by atoms with E-state index in [1.54, 1.807) is 60.9 Å². The summed E-state index contributed by atoms with van der Waals surface area (Å²) in [6.45, 7) is 2.58. The molecule has 1 amide bonds. The average molecular weight is 500 g/mol. The van der Waals surface area contributed by atoms with Crippen LogP contribution in [0.3, 0.4) is 0 Å². The van der Waals surface area contributed by atoms with E-state index in [-0.39, 0.29) is 12.1 Å². The van der Waals surface area contributed by atoms with Crippen LogP contribution in [0.25, 0.3) is 11.3 Å². The van der Waals surface area contributed by atoms with Crippen molar-refractivity contribution in [3.05, 3.63) is 114 Å². The van der Waals surface area contributed by atoms with Crippen molar-refractivity contribution in [2.75, 3.05) is 6.61 Å². The second kappa shape index (κ2) is 12.4. The van der Waals surface area contributed by atoms with Gasteiger partial charge < -0.3 is 19.4 Å². The maximum absolute atomic E-state index is 13.8. The number of amides is 1. The van der Waals surface area contributed by atoms with Crippen molar-refractivity contribution >= 4 is 5.91 Å². The molecule has 4 aromatic rings. The van der Waals surface area contributed by atoms with Gasteiger partial charge in [0.05, 0.1) is 25.0 Å². The lowest BCUT2D eigenvalue weighted by molar-refractivity contribution is -0.259. The molecule has 2 N–H and O–H groups in total. The molecular formula is C31H33NO5. The Kier molecular flexibility index (Phi) is 8.77. The highest BCUT2D eigenvalue weighted by Gasteiger charge is 2.40. The van der Waals surface area contributed by atoms with E-state index in [0.717, 1.165) is 41.7 Å². The Bertz CT molecular complexity index is 1250. The van der Waals surface area contributed by atoms with Gasteiger partial charge in [-0.15, -0.1) is 0 Å². The number of para-hydroxylation sites is 1. The zero-order chi connectivity index (χ0) is 26.1. The zero-order valence-corrected chi connectivity index (χ0v) is 21.0. The van der Waals surface area contributed by atoms with Gasteiger partial charge in [0.2, 0.25) is 0 Å². The highest BCUT2D eigenvalue weighted by atomic mass is 16.5. The van der Waals surface area contributed by atoms with Crippen LogP contribution in [0, 0.1) is 0 Å². The molecule has 0 spiro atoms. The Morgan fingerprint density at radius 2 is 1.59 bits per heavy atom. The Labute approximate surface area is 217 Å². The fourth-order valence-electron chi connectivity index (χ4n) is 4.19. The van der Waals surface area contributed by atoms with Crippen LogP contribution in [0.15, 0.2) is 102 Å². The van der Waals surface area contributed by atoms with Gasteiger partial charge in [-0.3, -0.25) is 9.69 Å². The second-order valence-corrected chi connectivity index (χ2v) is 8.97. The third-order valence-electron chi connectivity index (χ3n) is 6.25. The van der Waals surface area contributed by atoms with Crippen molar-refractivity contribution in [2.24, 2.45) is 0 Å². The number of nitrogens with zero attached hydrogens (tertiary/aromatic N) is 1. The summed E-state index contributed by atoms with van der Waals surface area (Å²) in [6.07, 6.45) is 5.72. The molecule has 0 bridgehead atoms. The molecule has 6 nitrogen and oxygen atoms in total. The standard InChI is InChI=1S/C31H33NO5/c1-2-3-4-10-21-37-29-15-9-8-14-27(29)31(34,35)32(23-24-12-6-5-7-13-24)30(33)26-19-17-25(18-20-26)28-16-11-22-36-28/h5-9,11-20,22,34-35H,2-4,10,21,23H2,1H3. The molecule has 3 aromatic carbocycles. The maximum atomic E-state index is 13.8. The van der Waals surface area contributed by atoms with Crippen LogP contribution in [-0.2, 0) is 12.5 Å². The molecule has 0 fully saturated rings. The highest BCUT2D eigenvalue weighted by molar-refractivity contribution is 5.95. The van der Waals surface area contributed by atoms with E-state index in [1.807, 2.05) is 36.4 Å². The number of unbranched alkanes of at least 4 members (excludes halogenated alkanes) is 3. The normalized spacial score (nSPS) is 11.3. The van der Waals surface area contributed by atoms with Crippen molar-refractivity contribution in [3.8, 4) is 17.1 Å². The summed E-state index contributed by atoms with van der Waals surface area (Å²) in [5, 5.41) is 23.1. The number of rotatable bonds is 12. The van der Waals surface area contributed by atoms with Gasteiger partial charge in [-0.05, 0) is 48.4 Å². The number of aliphatic hydroxyl groups is 2. The molecule has 4 rings (SSSR count). The Morgan fingerprint density at radius 1 is 0.865 bits per heavy atom. The predicted octanol–water partition coefficient (Wildman–Crippen LogP) is 6.34. The summed E-state index contributed by atoms with van der Waals surface area (Å²) in [4.78, 5) is 14.8. The Hall–Kier alpha value is -3.87. The van der Waals surface area contributed by atoms with Crippen LogP contribution in [0.2, 0.25) is 0 Å². The molecule has 192 valence electrons. The molecule has 0 atom stereocenters. The first-order valence-corrected chi connectivity index (χ1v) is 12.7. The fraction of sp³-hybridized carbons (Fsp3) is 0.258. The number of carbonyl (C=O) groups excluding carboxylic acids is 1. The van der Waals surface area contributed by atoms with Crippen LogP contribution in [0.1, 0.15) is 54.1 Å². The molecule has 0 radical (unpaired) electrons. The predicted molar refractivity (Wildman–Crippen MR) is 143 cm³/mol. The number of hydrogen-bond donors (Lipinski definition) is 2. The second-order valence-electron chi connectivity index (χ2n) is 8.97. The van der Waals surface area contributed by atoms with Gasteiger partial charge in [0.25, 0.3) is 11.8 Å². The number of ether oxygens (including phenoxy) is 1. The number of carbonyl (C=O) groups is 1. The third kappa shape index (κ3) is 6.47. The van der Waals surface area contributed by atoms with Gasteiger partial charge in [-0.25, -0.2) is 0 Å². The Morgan fingerprint density at radius 3 is 2.30 bits per heavy atom. The lowest BCUT2D eigenvalue weighted by Gasteiger charge is -2.36. The van der Waals surface area contributed by atoms with Gasteiger partial charge in [0.15, 0.2) is 0 Å². The molecule has 0 unspecified atom stereocenters. The number of hydrogen-bond acceptors (Lipinski definition) is 5. The summed E-state index contributed by atoms with van der Waals surface area (Å²) in [7, 11) is 0. The van der Waals surface area contributed by atoms with Gasteiger partial charge in [0, 0.05) is 11.1 Å². The van der Waals surface area contributed by atoms with E-state index in [2.05, 4.69) is 6.92 Å². The highest BCUT2D eigenvalue weighted by Crippen LogP contribution is 2.34. The first-order valence-electron chi connectivity index (χ1n) is 12.7. The maximum Gasteiger partial charge on any atom is 0.281 e. The van der Waals surface area contributed by atoms with Crippen LogP contribution in [-0.4, -0.2) is 27.6 Å². The first-order chi connectivity index (χ1) is 18.0.